The summed E-state index contributed by atoms with van der Waals surface area (Å²) in [7, 11) is -3.71. The van der Waals surface area contributed by atoms with Gasteiger partial charge in [-0.1, -0.05) is 50.2 Å². The molecule has 0 aliphatic carbocycles. The van der Waals surface area contributed by atoms with Gasteiger partial charge < -0.3 is 5.32 Å². The number of nitrogens with two attached hydrogens (primary N) is 1. The zero-order valence-corrected chi connectivity index (χ0v) is 18.9. The standard InChI is InChI=1S/C21H25N3O2S.2ClH/c1-15(17-6-4-3-5-7-17)13-23-14-16(2)21-20-9-8-19(27(22,25)26)12-18(20)10-11-24-21;;/h3-12,15-16,23H,13-14H2,1-2H3,(H2,22,25,26);2*1H/t15-,16+;;/m0../s1. The fourth-order valence-electron chi connectivity index (χ4n) is 3.26. The van der Waals surface area contributed by atoms with E-state index in [1.807, 2.05) is 12.1 Å². The Balaban J connectivity index is 0.00000210. The largest absolute Gasteiger partial charge is 0.315 e. The molecule has 8 heteroatoms. The van der Waals surface area contributed by atoms with E-state index < -0.39 is 10.0 Å². The van der Waals surface area contributed by atoms with Crippen LogP contribution < -0.4 is 10.5 Å². The van der Waals surface area contributed by atoms with E-state index in [4.69, 9.17) is 5.14 Å². The summed E-state index contributed by atoms with van der Waals surface area (Å²) < 4.78 is 23.1. The second-order valence-corrected chi connectivity index (χ2v) is 8.56. The number of aromatic nitrogens is 1. The number of pyridine rings is 1. The Bertz CT molecular complexity index is 1030. The lowest BCUT2D eigenvalue weighted by Crippen LogP contribution is -2.25. The Kier molecular flexibility index (Phi) is 9.52. The summed E-state index contributed by atoms with van der Waals surface area (Å²) >= 11 is 0. The molecule has 158 valence electrons. The van der Waals surface area contributed by atoms with Crippen LogP contribution in [0.3, 0.4) is 0 Å². The topological polar surface area (TPSA) is 85.1 Å². The number of nitrogens with one attached hydrogen (secondary N) is 1. The van der Waals surface area contributed by atoms with Gasteiger partial charge in [0.15, 0.2) is 0 Å². The average molecular weight is 456 g/mol. The van der Waals surface area contributed by atoms with Crippen molar-refractivity contribution in [3.63, 3.8) is 0 Å². The van der Waals surface area contributed by atoms with Crippen molar-refractivity contribution >= 4 is 45.6 Å². The van der Waals surface area contributed by atoms with Crippen LogP contribution in [0.1, 0.15) is 36.9 Å². The molecule has 3 rings (SSSR count). The quantitative estimate of drug-likeness (QED) is 0.558. The van der Waals surface area contributed by atoms with E-state index in [0.29, 0.717) is 5.92 Å². The van der Waals surface area contributed by atoms with Crippen LogP contribution in [0.25, 0.3) is 10.8 Å². The molecule has 0 fully saturated rings. The minimum atomic E-state index is -3.71. The van der Waals surface area contributed by atoms with Crippen molar-refractivity contribution in [2.75, 3.05) is 13.1 Å². The van der Waals surface area contributed by atoms with Gasteiger partial charge in [0.1, 0.15) is 0 Å². The van der Waals surface area contributed by atoms with Gasteiger partial charge in [-0.3, -0.25) is 4.98 Å². The molecule has 5 nitrogen and oxygen atoms in total. The first kappa shape index (κ1) is 25.3. The molecule has 3 N–H and O–H groups in total. The van der Waals surface area contributed by atoms with Gasteiger partial charge in [0, 0.05) is 30.6 Å². The Labute approximate surface area is 185 Å². The molecular formula is C21H27Cl2N3O2S. The second-order valence-electron chi connectivity index (χ2n) is 7.00. The monoisotopic (exact) mass is 455 g/mol. The zero-order chi connectivity index (χ0) is 19.4. The maximum atomic E-state index is 11.6. The SMILES string of the molecule is C[C@H](CNC[C@H](C)c1ccccc1)c1nccc2cc(S(N)(=O)=O)ccc12.Cl.Cl. The fraction of sp³-hybridized carbons (Fsp3) is 0.286. The van der Waals surface area contributed by atoms with E-state index >= 15 is 0 Å². The Morgan fingerprint density at radius 2 is 1.62 bits per heavy atom. The van der Waals surface area contributed by atoms with E-state index in [0.717, 1.165) is 29.6 Å². The van der Waals surface area contributed by atoms with Gasteiger partial charge in [-0.05, 0) is 35.1 Å². The van der Waals surface area contributed by atoms with Crippen LogP contribution in [-0.4, -0.2) is 26.5 Å². The summed E-state index contributed by atoms with van der Waals surface area (Å²) in [5.41, 5.74) is 2.27. The third kappa shape index (κ3) is 6.39. The molecule has 0 radical (unpaired) electrons. The lowest BCUT2D eigenvalue weighted by molar-refractivity contribution is 0.569. The molecule has 0 saturated heterocycles. The van der Waals surface area contributed by atoms with Crippen LogP contribution in [0.15, 0.2) is 65.7 Å². The summed E-state index contributed by atoms with van der Waals surface area (Å²) in [6.45, 7) is 6.00. The van der Waals surface area contributed by atoms with Crippen LogP contribution >= 0.6 is 24.8 Å². The first-order chi connectivity index (χ1) is 12.9. The molecule has 0 saturated carbocycles. The van der Waals surface area contributed by atoms with E-state index in [9.17, 15) is 8.42 Å². The number of halogens is 2. The summed E-state index contributed by atoms with van der Waals surface area (Å²) in [4.78, 5) is 4.65. The lowest BCUT2D eigenvalue weighted by atomic mass is 9.99. The predicted molar refractivity (Wildman–Crippen MR) is 124 cm³/mol. The number of hydrogen-bond donors (Lipinski definition) is 2. The summed E-state index contributed by atoms with van der Waals surface area (Å²) in [5.74, 6) is 0.619. The molecule has 29 heavy (non-hydrogen) atoms. The van der Waals surface area contributed by atoms with Crippen molar-refractivity contribution in [2.45, 2.75) is 30.6 Å². The number of hydrogen-bond acceptors (Lipinski definition) is 4. The molecule has 0 bridgehead atoms. The highest BCUT2D eigenvalue weighted by Gasteiger charge is 2.14. The highest BCUT2D eigenvalue weighted by Crippen LogP contribution is 2.25. The molecule has 1 heterocycles. The normalized spacial score (nSPS) is 13.2. The van der Waals surface area contributed by atoms with Crippen molar-refractivity contribution in [3.05, 3.63) is 72.1 Å². The zero-order valence-electron chi connectivity index (χ0n) is 16.4. The van der Waals surface area contributed by atoms with E-state index in [2.05, 4.69) is 48.4 Å². The number of benzene rings is 2. The first-order valence-corrected chi connectivity index (χ1v) is 10.6. The molecule has 0 unspecified atom stereocenters. The minimum absolute atomic E-state index is 0. The van der Waals surface area contributed by atoms with Crippen LogP contribution in [0.4, 0.5) is 0 Å². The third-order valence-electron chi connectivity index (χ3n) is 4.83. The second kappa shape index (κ2) is 10.9. The van der Waals surface area contributed by atoms with Crippen LogP contribution in [0.5, 0.6) is 0 Å². The van der Waals surface area contributed by atoms with Crippen molar-refractivity contribution in [1.29, 1.82) is 0 Å². The smallest absolute Gasteiger partial charge is 0.238 e. The Hall–Kier alpha value is -1.70. The van der Waals surface area contributed by atoms with E-state index in [1.165, 1.54) is 5.56 Å². The molecule has 2 atom stereocenters. The summed E-state index contributed by atoms with van der Waals surface area (Å²) in [6, 6.07) is 17.2. The molecule has 0 aliphatic rings. The third-order valence-corrected chi connectivity index (χ3v) is 5.74. The Morgan fingerprint density at radius 3 is 2.28 bits per heavy atom. The number of primary sulfonamides is 1. The van der Waals surface area contributed by atoms with Gasteiger partial charge in [0.2, 0.25) is 10.0 Å². The van der Waals surface area contributed by atoms with Gasteiger partial charge in [-0.2, -0.15) is 0 Å². The van der Waals surface area contributed by atoms with Gasteiger partial charge >= 0.3 is 0 Å². The lowest BCUT2D eigenvalue weighted by Gasteiger charge is -2.17. The molecule has 0 amide bonds. The van der Waals surface area contributed by atoms with Crippen LogP contribution in [0.2, 0.25) is 0 Å². The van der Waals surface area contributed by atoms with E-state index in [-0.39, 0.29) is 35.6 Å². The van der Waals surface area contributed by atoms with Crippen molar-refractivity contribution in [1.82, 2.24) is 10.3 Å². The van der Waals surface area contributed by atoms with Crippen molar-refractivity contribution in [3.8, 4) is 0 Å². The van der Waals surface area contributed by atoms with Crippen molar-refractivity contribution in [2.24, 2.45) is 5.14 Å². The molecule has 1 aromatic heterocycles. The highest BCUT2D eigenvalue weighted by molar-refractivity contribution is 7.89. The first-order valence-electron chi connectivity index (χ1n) is 9.03. The summed E-state index contributed by atoms with van der Waals surface area (Å²) in [6.07, 6.45) is 1.72. The van der Waals surface area contributed by atoms with Gasteiger partial charge in [0.25, 0.3) is 0 Å². The van der Waals surface area contributed by atoms with Gasteiger partial charge in [0.05, 0.1) is 10.6 Å². The van der Waals surface area contributed by atoms with E-state index in [1.54, 1.807) is 24.4 Å². The summed E-state index contributed by atoms with van der Waals surface area (Å²) in [5, 5.41) is 10.5. The Morgan fingerprint density at radius 1 is 0.966 bits per heavy atom. The van der Waals surface area contributed by atoms with Gasteiger partial charge in [-0.25, -0.2) is 13.6 Å². The maximum absolute atomic E-state index is 11.6. The molecular weight excluding hydrogens is 429 g/mol. The molecule has 3 aromatic rings. The maximum Gasteiger partial charge on any atom is 0.238 e. The average Bonchev–Trinajstić information content (AvgIpc) is 2.66. The number of sulfonamides is 1. The van der Waals surface area contributed by atoms with Crippen molar-refractivity contribution < 1.29 is 8.42 Å². The molecule has 0 aliphatic heterocycles. The number of rotatable bonds is 7. The van der Waals surface area contributed by atoms with Crippen LogP contribution in [-0.2, 0) is 10.0 Å². The van der Waals surface area contributed by atoms with Gasteiger partial charge in [-0.15, -0.1) is 24.8 Å². The van der Waals surface area contributed by atoms with Crippen LogP contribution in [0, 0.1) is 0 Å². The minimum Gasteiger partial charge on any atom is -0.315 e. The highest BCUT2D eigenvalue weighted by atomic mass is 35.5. The fourth-order valence-corrected chi connectivity index (χ4v) is 3.81. The number of fused-ring (bicyclic) bond motifs is 1. The number of nitrogens with zero attached hydrogens (tertiary/aromatic N) is 1. The predicted octanol–water partition coefficient (Wildman–Crippen LogP) is 4.22. The molecule has 2 aromatic carbocycles. The molecule has 0 spiro atoms.